The Labute approximate surface area is 105 Å². The molecule has 94 valence electrons. The fourth-order valence-electron chi connectivity index (χ4n) is 1.65. The Hall–Kier alpha value is -2.24. The predicted molar refractivity (Wildman–Crippen MR) is 64.6 cm³/mol. The van der Waals surface area contributed by atoms with Gasteiger partial charge in [-0.3, -0.25) is 9.48 Å². The Morgan fingerprint density at radius 2 is 2.22 bits per heavy atom. The highest BCUT2D eigenvalue weighted by Gasteiger charge is 2.23. The molecule has 6 heteroatoms. The first-order valence-corrected chi connectivity index (χ1v) is 5.57. The maximum absolute atomic E-state index is 12.4. The van der Waals surface area contributed by atoms with Gasteiger partial charge in [0.2, 0.25) is 5.78 Å². The van der Waals surface area contributed by atoms with Gasteiger partial charge < -0.3 is 4.74 Å². The molecule has 0 aliphatic heterocycles. The van der Waals surface area contributed by atoms with Crippen molar-refractivity contribution in [1.29, 1.82) is 0 Å². The number of aromatic nitrogens is 4. The standard InChI is InChI=1S/C12H14N4O2/c1-8(2)16-11(10(18-3)6-15-16)12(17)9-4-5-13-7-14-9/h4-8H,1-3H3. The molecule has 0 amide bonds. The van der Waals surface area contributed by atoms with Crippen LogP contribution < -0.4 is 4.74 Å². The van der Waals surface area contributed by atoms with E-state index >= 15 is 0 Å². The summed E-state index contributed by atoms with van der Waals surface area (Å²) in [6, 6.07) is 1.63. The monoisotopic (exact) mass is 246 g/mol. The molecule has 0 spiro atoms. The summed E-state index contributed by atoms with van der Waals surface area (Å²) in [5.41, 5.74) is 0.733. The molecule has 0 aromatic carbocycles. The molecule has 2 aromatic heterocycles. The van der Waals surface area contributed by atoms with Crippen LogP contribution in [0.4, 0.5) is 0 Å². The normalized spacial score (nSPS) is 10.7. The molecule has 0 radical (unpaired) electrons. The minimum absolute atomic E-state index is 0.0645. The number of nitrogens with zero attached hydrogens (tertiary/aromatic N) is 4. The number of ketones is 1. The van der Waals surface area contributed by atoms with E-state index < -0.39 is 0 Å². The minimum atomic E-state index is -0.222. The summed E-state index contributed by atoms with van der Waals surface area (Å²) >= 11 is 0. The SMILES string of the molecule is COc1cnn(C(C)C)c1C(=O)c1ccncn1. The summed E-state index contributed by atoms with van der Waals surface area (Å²) in [5.74, 6) is 0.229. The van der Waals surface area contributed by atoms with Crippen molar-refractivity contribution in [1.82, 2.24) is 19.7 Å². The smallest absolute Gasteiger partial charge is 0.233 e. The molecule has 2 heterocycles. The number of rotatable bonds is 4. The van der Waals surface area contributed by atoms with Gasteiger partial charge in [-0.05, 0) is 19.9 Å². The highest BCUT2D eigenvalue weighted by molar-refractivity contribution is 6.08. The molecule has 0 aliphatic carbocycles. The number of methoxy groups -OCH3 is 1. The fraction of sp³-hybridized carbons (Fsp3) is 0.333. The van der Waals surface area contributed by atoms with E-state index in [9.17, 15) is 4.79 Å². The Kier molecular flexibility index (Phi) is 3.36. The van der Waals surface area contributed by atoms with Crippen LogP contribution >= 0.6 is 0 Å². The van der Waals surface area contributed by atoms with Crippen molar-refractivity contribution in [2.45, 2.75) is 19.9 Å². The van der Waals surface area contributed by atoms with E-state index in [4.69, 9.17) is 4.74 Å². The Morgan fingerprint density at radius 1 is 1.44 bits per heavy atom. The van der Waals surface area contributed by atoms with E-state index in [2.05, 4.69) is 15.1 Å². The van der Waals surface area contributed by atoms with Gasteiger partial charge in [-0.2, -0.15) is 5.10 Å². The molecule has 18 heavy (non-hydrogen) atoms. The molecule has 0 atom stereocenters. The lowest BCUT2D eigenvalue weighted by molar-refractivity contribution is 0.101. The lowest BCUT2D eigenvalue weighted by atomic mass is 10.2. The number of ether oxygens (including phenoxy) is 1. The first-order chi connectivity index (χ1) is 8.65. The first kappa shape index (κ1) is 12.2. The van der Waals surface area contributed by atoms with Gasteiger partial charge in [0.25, 0.3) is 0 Å². The third-order valence-electron chi connectivity index (χ3n) is 2.50. The highest BCUT2D eigenvalue weighted by atomic mass is 16.5. The molecule has 0 N–H and O–H groups in total. The maximum atomic E-state index is 12.4. The zero-order valence-electron chi connectivity index (χ0n) is 10.5. The summed E-state index contributed by atoms with van der Waals surface area (Å²) < 4.78 is 6.80. The van der Waals surface area contributed by atoms with E-state index in [1.807, 2.05) is 13.8 Å². The van der Waals surface area contributed by atoms with Crippen LogP contribution in [0, 0.1) is 0 Å². The van der Waals surface area contributed by atoms with Crippen LogP contribution in [0.5, 0.6) is 5.75 Å². The summed E-state index contributed by atoms with van der Waals surface area (Å²) in [4.78, 5) is 20.1. The van der Waals surface area contributed by atoms with Crippen molar-refractivity contribution in [3.05, 3.63) is 36.2 Å². The number of hydrogen-bond acceptors (Lipinski definition) is 5. The second-order valence-electron chi connectivity index (χ2n) is 4.02. The van der Waals surface area contributed by atoms with Crippen molar-refractivity contribution in [3.8, 4) is 5.75 Å². The van der Waals surface area contributed by atoms with Crippen LogP contribution in [0.3, 0.4) is 0 Å². The molecule has 0 aliphatic rings. The zero-order valence-corrected chi connectivity index (χ0v) is 10.5. The van der Waals surface area contributed by atoms with E-state index in [0.29, 0.717) is 17.1 Å². The van der Waals surface area contributed by atoms with Gasteiger partial charge in [0.1, 0.15) is 12.0 Å². The lowest BCUT2D eigenvalue weighted by Crippen LogP contribution is -2.15. The summed E-state index contributed by atoms with van der Waals surface area (Å²) in [6.45, 7) is 3.90. The van der Waals surface area contributed by atoms with Crippen LogP contribution in [0.2, 0.25) is 0 Å². The van der Waals surface area contributed by atoms with Gasteiger partial charge in [-0.15, -0.1) is 0 Å². The number of hydrogen-bond donors (Lipinski definition) is 0. The van der Waals surface area contributed by atoms with Crippen LogP contribution in [-0.2, 0) is 0 Å². The number of carbonyl (C=O) groups excluding carboxylic acids is 1. The minimum Gasteiger partial charge on any atom is -0.493 e. The van der Waals surface area contributed by atoms with Crippen molar-refractivity contribution >= 4 is 5.78 Å². The summed E-state index contributed by atoms with van der Waals surface area (Å²) in [5, 5.41) is 4.16. The van der Waals surface area contributed by atoms with Crippen molar-refractivity contribution < 1.29 is 9.53 Å². The summed E-state index contributed by atoms with van der Waals surface area (Å²) in [7, 11) is 1.51. The zero-order chi connectivity index (χ0) is 13.1. The average Bonchev–Trinajstić information content (AvgIpc) is 2.82. The van der Waals surface area contributed by atoms with Gasteiger partial charge in [0.05, 0.1) is 13.3 Å². The van der Waals surface area contributed by atoms with E-state index in [-0.39, 0.29) is 11.8 Å². The molecule has 6 nitrogen and oxygen atoms in total. The second kappa shape index (κ2) is 4.95. The van der Waals surface area contributed by atoms with Gasteiger partial charge in [-0.1, -0.05) is 0 Å². The van der Waals surface area contributed by atoms with Crippen molar-refractivity contribution in [3.63, 3.8) is 0 Å². The van der Waals surface area contributed by atoms with Crippen LogP contribution in [0.15, 0.2) is 24.8 Å². The van der Waals surface area contributed by atoms with Gasteiger partial charge >= 0.3 is 0 Å². The van der Waals surface area contributed by atoms with E-state index in [0.717, 1.165) is 0 Å². The molecular weight excluding hydrogens is 232 g/mol. The molecule has 0 fully saturated rings. The van der Waals surface area contributed by atoms with Crippen molar-refractivity contribution in [2.75, 3.05) is 7.11 Å². The van der Waals surface area contributed by atoms with Crippen molar-refractivity contribution in [2.24, 2.45) is 0 Å². The predicted octanol–water partition coefficient (Wildman–Crippen LogP) is 1.49. The number of carbonyl (C=O) groups is 1. The molecule has 0 saturated carbocycles. The molecule has 2 rings (SSSR count). The fourth-order valence-corrected chi connectivity index (χ4v) is 1.65. The molecule has 2 aromatic rings. The van der Waals surface area contributed by atoms with Crippen LogP contribution in [0.25, 0.3) is 0 Å². The lowest BCUT2D eigenvalue weighted by Gasteiger charge is -2.10. The first-order valence-electron chi connectivity index (χ1n) is 5.57. The molecule has 0 bridgehead atoms. The van der Waals surface area contributed by atoms with E-state index in [1.165, 1.54) is 25.8 Å². The largest absolute Gasteiger partial charge is 0.493 e. The van der Waals surface area contributed by atoms with Gasteiger partial charge in [-0.25, -0.2) is 9.97 Å². The maximum Gasteiger partial charge on any atom is 0.233 e. The Bertz CT molecular complexity index is 548. The topological polar surface area (TPSA) is 69.9 Å². The molecule has 0 saturated heterocycles. The van der Waals surface area contributed by atoms with Gasteiger partial charge in [0.15, 0.2) is 11.4 Å². The second-order valence-corrected chi connectivity index (χ2v) is 4.02. The molecule has 0 unspecified atom stereocenters. The molecular formula is C12H14N4O2. The van der Waals surface area contributed by atoms with E-state index in [1.54, 1.807) is 10.7 Å². The third kappa shape index (κ3) is 2.09. The summed E-state index contributed by atoms with van der Waals surface area (Å²) in [6.07, 6.45) is 4.41. The third-order valence-corrected chi connectivity index (χ3v) is 2.50. The Balaban J connectivity index is 2.50. The quantitative estimate of drug-likeness (QED) is 0.764. The highest BCUT2D eigenvalue weighted by Crippen LogP contribution is 2.23. The van der Waals surface area contributed by atoms with Gasteiger partial charge in [0, 0.05) is 12.2 Å². The van der Waals surface area contributed by atoms with Crippen LogP contribution in [0.1, 0.15) is 36.1 Å². The Morgan fingerprint density at radius 3 is 2.78 bits per heavy atom. The van der Waals surface area contributed by atoms with Crippen LogP contribution in [-0.4, -0.2) is 32.6 Å². The average molecular weight is 246 g/mol.